The summed E-state index contributed by atoms with van der Waals surface area (Å²) in [5.74, 6) is 0. The topological polar surface area (TPSA) is 4.93 Å². The average Bonchev–Trinajstić information content (AvgIpc) is 2.97. The summed E-state index contributed by atoms with van der Waals surface area (Å²) in [6.07, 6.45) is 0. The monoisotopic (exact) mass is 419 g/mol. The minimum absolute atomic E-state index is 1.21. The molecule has 5 rings (SSSR count). The Hall–Kier alpha value is -2.33. The van der Waals surface area contributed by atoms with E-state index in [4.69, 9.17) is 0 Å². The van der Waals surface area contributed by atoms with Crippen LogP contribution in [0.5, 0.6) is 0 Å². The van der Waals surface area contributed by atoms with E-state index in [0.717, 1.165) is 0 Å². The van der Waals surface area contributed by atoms with Crippen molar-refractivity contribution in [2.75, 3.05) is 0 Å². The summed E-state index contributed by atoms with van der Waals surface area (Å²) in [6, 6.07) is 30.5. The predicted molar refractivity (Wildman–Crippen MR) is 111 cm³/mol. The second-order valence-corrected chi connectivity index (χ2v) is 7.26. The van der Waals surface area contributed by atoms with Gasteiger partial charge in [0.1, 0.15) is 0 Å². The Morgan fingerprint density at radius 3 is 2.12 bits per heavy atom. The molecule has 0 aliphatic rings. The first kappa shape index (κ1) is 14.1. The maximum absolute atomic E-state index is 2.37. The lowest BCUT2D eigenvalue weighted by atomic mass is 10.0. The van der Waals surface area contributed by atoms with Crippen molar-refractivity contribution in [1.82, 2.24) is 4.57 Å². The lowest BCUT2D eigenvalue weighted by Crippen LogP contribution is -1.93. The molecule has 0 aliphatic carbocycles. The molecule has 0 N–H and O–H groups in total. The first-order valence-corrected chi connectivity index (χ1v) is 9.08. The largest absolute Gasteiger partial charge is 0.309 e. The third-order valence-corrected chi connectivity index (χ3v) is 5.37. The van der Waals surface area contributed by atoms with E-state index in [-0.39, 0.29) is 0 Å². The molecule has 0 spiro atoms. The zero-order valence-electron chi connectivity index (χ0n) is 12.9. The van der Waals surface area contributed by atoms with Gasteiger partial charge < -0.3 is 4.57 Å². The van der Waals surface area contributed by atoms with Gasteiger partial charge in [0.25, 0.3) is 0 Å². The van der Waals surface area contributed by atoms with Gasteiger partial charge in [-0.1, -0.05) is 48.5 Å². The van der Waals surface area contributed by atoms with E-state index < -0.39 is 0 Å². The standard InChI is InChI=1S/C22H14IN/c23-16-10-12-17(13-11-16)24-20-8-4-3-7-19(20)22-18-6-2-1-5-15(18)9-14-21(22)24/h1-14H. The summed E-state index contributed by atoms with van der Waals surface area (Å²) < 4.78 is 3.62. The molecule has 0 amide bonds. The molecular formula is C22H14IN. The highest BCUT2D eigenvalue weighted by Crippen LogP contribution is 2.36. The van der Waals surface area contributed by atoms with Gasteiger partial charge in [-0.25, -0.2) is 0 Å². The van der Waals surface area contributed by atoms with Gasteiger partial charge in [-0.05, 0) is 69.8 Å². The quantitative estimate of drug-likeness (QED) is 0.272. The van der Waals surface area contributed by atoms with Crippen molar-refractivity contribution in [2.24, 2.45) is 0 Å². The molecule has 0 saturated carbocycles. The molecule has 5 aromatic rings. The summed E-state index contributed by atoms with van der Waals surface area (Å²) in [5.41, 5.74) is 3.72. The highest BCUT2D eigenvalue weighted by Gasteiger charge is 2.13. The third-order valence-electron chi connectivity index (χ3n) is 4.65. The number of benzene rings is 4. The smallest absolute Gasteiger partial charge is 0.0547 e. The summed E-state index contributed by atoms with van der Waals surface area (Å²) in [5, 5.41) is 5.25. The Kier molecular flexibility index (Phi) is 3.13. The van der Waals surface area contributed by atoms with Crippen LogP contribution in [0.15, 0.2) is 84.9 Å². The van der Waals surface area contributed by atoms with Gasteiger partial charge in [-0.15, -0.1) is 0 Å². The minimum Gasteiger partial charge on any atom is -0.309 e. The maximum Gasteiger partial charge on any atom is 0.0547 e. The van der Waals surface area contributed by atoms with Crippen LogP contribution >= 0.6 is 22.6 Å². The molecule has 0 radical (unpaired) electrons. The van der Waals surface area contributed by atoms with Crippen LogP contribution in [-0.2, 0) is 0 Å². The minimum atomic E-state index is 1.21. The first-order chi connectivity index (χ1) is 11.8. The summed E-state index contributed by atoms with van der Waals surface area (Å²) >= 11 is 2.35. The van der Waals surface area contributed by atoms with Gasteiger partial charge in [0.2, 0.25) is 0 Å². The SMILES string of the molecule is Ic1ccc(-n2c3ccccc3c3c4ccccc4ccc32)cc1. The van der Waals surface area contributed by atoms with Crippen LogP contribution in [0.3, 0.4) is 0 Å². The van der Waals surface area contributed by atoms with Crippen LogP contribution in [-0.4, -0.2) is 4.57 Å². The Balaban J connectivity index is 2.02. The molecule has 1 heterocycles. The average molecular weight is 419 g/mol. The highest BCUT2D eigenvalue weighted by molar-refractivity contribution is 14.1. The fourth-order valence-electron chi connectivity index (χ4n) is 3.61. The molecule has 0 fully saturated rings. The van der Waals surface area contributed by atoms with E-state index in [0.29, 0.717) is 0 Å². The molecule has 1 nitrogen and oxygen atoms in total. The number of halogens is 1. The molecule has 0 unspecified atom stereocenters. The Labute approximate surface area is 153 Å². The molecule has 2 heteroatoms. The van der Waals surface area contributed by atoms with E-state index >= 15 is 0 Å². The van der Waals surface area contributed by atoms with Crippen molar-refractivity contribution >= 4 is 55.2 Å². The molecule has 0 bridgehead atoms. The molecular weight excluding hydrogens is 405 g/mol. The lowest BCUT2D eigenvalue weighted by molar-refractivity contribution is 1.18. The van der Waals surface area contributed by atoms with Gasteiger partial charge >= 0.3 is 0 Å². The number of para-hydroxylation sites is 1. The Morgan fingerprint density at radius 1 is 0.583 bits per heavy atom. The molecule has 1 aromatic heterocycles. The van der Waals surface area contributed by atoms with Crippen molar-refractivity contribution in [3.8, 4) is 5.69 Å². The van der Waals surface area contributed by atoms with Crippen LogP contribution < -0.4 is 0 Å². The Morgan fingerprint density at radius 2 is 1.29 bits per heavy atom. The van der Waals surface area contributed by atoms with Crippen LogP contribution in [0.4, 0.5) is 0 Å². The highest BCUT2D eigenvalue weighted by atomic mass is 127. The molecule has 0 saturated heterocycles. The van der Waals surface area contributed by atoms with Crippen molar-refractivity contribution in [1.29, 1.82) is 0 Å². The van der Waals surface area contributed by atoms with Crippen LogP contribution in [0.1, 0.15) is 0 Å². The number of fused-ring (bicyclic) bond motifs is 5. The molecule has 4 aromatic carbocycles. The summed E-state index contributed by atoms with van der Waals surface area (Å²) in [6.45, 7) is 0. The van der Waals surface area contributed by atoms with Crippen LogP contribution in [0, 0.1) is 3.57 Å². The number of aromatic nitrogens is 1. The molecule has 0 atom stereocenters. The van der Waals surface area contributed by atoms with Crippen molar-refractivity contribution in [3.05, 3.63) is 88.5 Å². The van der Waals surface area contributed by atoms with Gasteiger partial charge in [0, 0.05) is 20.0 Å². The van der Waals surface area contributed by atoms with Crippen molar-refractivity contribution in [2.45, 2.75) is 0 Å². The van der Waals surface area contributed by atoms with E-state index in [1.807, 2.05) is 0 Å². The zero-order valence-corrected chi connectivity index (χ0v) is 15.1. The predicted octanol–water partition coefficient (Wildman–Crippen LogP) is 6.54. The van der Waals surface area contributed by atoms with Crippen LogP contribution in [0.25, 0.3) is 38.3 Å². The fourth-order valence-corrected chi connectivity index (χ4v) is 3.97. The summed E-state index contributed by atoms with van der Waals surface area (Å²) in [7, 11) is 0. The second kappa shape index (κ2) is 5.35. The van der Waals surface area contributed by atoms with E-state index in [2.05, 4.69) is 112 Å². The second-order valence-electron chi connectivity index (χ2n) is 6.01. The fraction of sp³-hybridized carbons (Fsp3) is 0. The Bertz CT molecular complexity index is 1200. The van der Waals surface area contributed by atoms with Crippen molar-refractivity contribution in [3.63, 3.8) is 0 Å². The number of rotatable bonds is 1. The van der Waals surface area contributed by atoms with Crippen LogP contribution in [0.2, 0.25) is 0 Å². The molecule has 0 aliphatic heterocycles. The van der Waals surface area contributed by atoms with Crippen molar-refractivity contribution < 1.29 is 0 Å². The van der Waals surface area contributed by atoms with Gasteiger partial charge in [-0.2, -0.15) is 0 Å². The van der Waals surface area contributed by atoms with E-state index in [1.165, 1.54) is 41.8 Å². The van der Waals surface area contributed by atoms with Gasteiger partial charge in [-0.3, -0.25) is 0 Å². The number of hydrogen-bond acceptors (Lipinski definition) is 0. The first-order valence-electron chi connectivity index (χ1n) is 8.00. The number of hydrogen-bond donors (Lipinski definition) is 0. The van der Waals surface area contributed by atoms with E-state index in [1.54, 1.807) is 0 Å². The third kappa shape index (κ3) is 1.99. The number of nitrogens with zero attached hydrogens (tertiary/aromatic N) is 1. The maximum atomic E-state index is 2.37. The zero-order chi connectivity index (χ0) is 16.1. The lowest BCUT2D eigenvalue weighted by Gasteiger charge is -2.08. The van der Waals surface area contributed by atoms with Gasteiger partial charge in [0.05, 0.1) is 11.0 Å². The normalized spacial score (nSPS) is 11.5. The summed E-state index contributed by atoms with van der Waals surface area (Å²) in [4.78, 5) is 0. The van der Waals surface area contributed by atoms with E-state index in [9.17, 15) is 0 Å². The van der Waals surface area contributed by atoms with Gasteiger partial charge in [0.15, 0.2) is 0 Å². The molecule has 24 heavy (non-hydrogen) atoms. The molecule has 114 valence electrons.